The van der Waals surface area contributed by atoms with Gasteiger partial charge in [-0.3, -0.25) is 4.79 Å². The van der Waals surface area contributed by atoms with Crippen molar-refractivity contribution >= 4 is 26.6 Å². The van der Waals surface area contributed by atoms with Gasteiger partial charge in [0.1, 0.15) is 5.65 Å². The summed E-state index contributed by atoms with van der Waals surface area (Å²) in [5.41, 5.74) is 4.06. The summed E-state index contributed by atoms with van der Waals surface area (Å²) in [7, 11) is -3.82. The van der Waals surface area contributed by atoms with Crippen LogP contribution in [0.25, 0.3) is 38.9 Å². The van der Waals surface area contributed by atoms with Gasteiger partial charge in [-0.15, -0.1) is 0 Å². The third kappa shape index (κ3) is 3.08. The maximum Gasteiger partial charge on any atom is 0.259 e. The lowest BCUT2D eigenvalue weighted by molar-refractivity contribution is 0.598. The van der Waals surface area contributed by atoms with Gasteiger partial charge in [0.15, 0.2) is 0 Å². The van der Waals surface area contributed by atoms with Crippen molar-refractivity contribution in [2.45, 2.75) is 4.90 Å². The van der Waals surface area contributed by atoms with E-state index in [1.807, 2.05) is 42.5 Å². The fourth-order valence-electron chi connectivity index (χ4n) is 3.52. The average molecular weight is 416 g/mol. The molecule has 30 heavy (non-hydrogen) atoms. The third-order valence-electron chi connectivity index (χ3n) is 4.99. The summed E-state index contributed by atoms with van der Waals surface area (Å²) in [5, 5.41) is 10.4. The number of hydrogen-bond acceptors (Lipinski definition) is 4. The van der Waals surface area contributed by atoms with E-state index >= 15 is 0 Å². The Morgan fingerprint density at radius 1 is 0.833 bits per heavy atom. The Labute approximate surface area is 171 Å². The van der Waals surface area contributed by atoms with E-state index in [0.29, 0.717) is 22.1 Å². The Balaban J connectivity index is 1.75. The number of sulfonamides is 1. The van der Waals surface area contributed by atoms with Gasteiger partial charge < -0.3 is 4.98 Å². The number of nitrogens with two attached hydrogens (primary N) is 1. The highest BCUT2D eigenvalue weighted by atomic mass is 32.2. The van der Waals surface area contributed by atoms with Gasteiger partial charge in [0.2, 0.25) is 10.0 Å². The predicted molar refractivity (Wildman–Crippen MR) is 116 cm³/mol. The van der Waals surface area contributed by atoms with Gasteiger partial charge in [0, 0.05) is 11.6 Å². The molecule has 5 aromatic rings. The van der Waals surface area contributed by atoms with Crippen LogP contribution < -0.4 is 10.7 Å². The van der Waals surface area contributed by atoms with E-state index in [4.69, 9.17) is 5.14 Å². The van der Waals surface area contributed by atoms with Crippen molar-refractivity contribution in [1.82, 2.24) is 14.6 Å². The summed E-state index contributed by atoms with van der Waals surface area (Å²) in [6, 6.07) is 23.2. The molecule has 0 unspecified atom stereocenters. The summed E-state index contributed by atoms with van der Waals surface area (Å²) in [5.74, 6) is 0. The van der Waals surface area contributed by atoms with E-state index in [-0.39, 0.29) is 10.5 Å². The van der Waals surface area contributed by atoms with Crippen molar-refractivity contribution in [2.24, 2.45) is 5.14 Å². The number of benzene rings is 3. The Kier molecular flexibility index (Phi) is 4.05. The lowest BCUT2D eigenvalue weighted by atomic mass is 10.0. The molecule has 7 nitrogen and oxygen atoms in total. The molecule has 0 saturated carbocycles. The molecule has 0 radical (unpaired) electrons. The molecule has 0 aliphatic carbocycles. The average Bonchev–Trinajstić information content (AvgIpc) is 3.18. The molecule has 0 fully saturated rings. The summed E-state index contributed by atoms with van der Waals surface area (Å²) in [4.78, 5) is 15.5. The molecule has 0 aliphatic heterocycles. The highest BCUT2D eigenvalue weighted by molar-refractivity contribution is 7.89. The molecule has 0 aliphatic rings. The van der Waals surface area contributed by atoms with Gasteiger partial charge in [-0.25, -0.2) is 18.1 Å². The minimum absolute atomic E-state index is 0.0293. The van der Waals surface area contributed by atoms with Crippen molar-refractivity contribution in [3.05, 3.63) is 89.2 Å². The molecule has 3 N–H and O–H groups in total. The molecule has 0 atom stereocenters. The Morgan fingerprint density at radius 3 is 2.33 bits per heavy atom. The van der Waals surface area contributed by atoms with E-state index in [0.717, 1.165) is 16.8 Å². The lowest BCUT2D eigenvalue weighted by Gasteiger charge is -2.07. The fraction of sp³-hybridized carbons (Fsp3) is 0. The van der Waals surface area contributed by atoms with Gasteiger partial charge in [-0.2, -0.15) is 5.10 Å². The van der Waals surface area contributed by atoms with Crippen LogP contribution in [-0.4, -0.2) is 23.0 Å². The van der Waals surface area contributed by atoms with Gasteiger partial charge in [0.05, 0.1) is 21.5 Å². The van der Waals surface area contributed by atoms with Crippen LogP contribution in [0, 0.1) is 0 Å². The molecule has 3 aromatic carbocycles. The molecular weight excluding hydrogens is 400 g/mol. The molecule has 5 rings (SSSR count). The van der Waals surface area contributed by atoms with Gasteiger partial charge in [0.25, 0.3) is 5.56 Å². The molecule has 2 aromatic heterocycles. The highest BCUT2D eigenvalue weighted by Crippen LogP contribution is 2.26. The molecule has 0 amide bonds. The minimum Gasteiger partial charge on any atom is -0.306 e. The molecule has 0 saturated heterocycles. The van der Waals surface area contributed by atoms with Crippen molar-refractivity contribution in [2.75, 3.05) is 0 Å². The van der Waals surface area contributed by atoms with Gasteiger partial charge >= 0.3 is 0 Å². The number of hydrogen-bond donors (Lipinski definition) is 2. The number of rotatable bonds is 3. The largest absolute Gasteiger partial charge is 0.306 e. The first-order valence-corrected chi connectivity index (χ1v) is 10.7. The zero-order chi connectivity index (χ0) is 20.9. The molecular formula is C22H16N4O3S. The smallest absolute Gasteiger partial charge is 0.259 e. The molecule has 0 spiro atoms. The molecule has 8 heteroatoms. The first kappa shape index (κ1) is 18.3. The van der Waals surface area contributed by atoms with Crippen LogP contribution in [0.15, 0.2) is 88.6 Å². The Morgan fingerprint density at radius 2 is 1.57 bits per heavy atom. The highest BCUT2D eigenvalue weighted by Gasteiger charge is 2.13. The van der Waals surface area contributed by atoms with Crippen molar-refractivity contribution in [3.63, 3.8) is 0 Å². The first-order chi connectivity index (χ1) is 14.4. The van der Waals surface area contributed by atoms with E-state index in [1.165, 1.54) is 12.1 Å². The number of fused-ring (bicyclic) bond motifs is 3. The lowest BCUT2D eigenvalue weighted by Crippen LogP contribution is -2.12. The van der Waals surface area contributed by atoms with E-state index in [9.17, 15) is 13.2 Å². The predicted octanol–water partition coefficient (Wildman–Crippen LogP) is 3.16. The summed E-state index contributed by atoms with van der Waals surface area (Å²) < 4.78 is 25.1. The van der Waals surface area contributed by atoms with E-state index < -0.39 is 10.0 Å². The Hall–Kier alpha value is -3.75. The molecule has 2 heterocycles. The molecule has 148 valence electrons. The second-order valence-corrected chi connectivity index (χ2v) is 8.51. The maximum atomic E-state index is 12.6. The quantitative estimate of drug-likeness (QED) is 0.471. The number of nitrogens with zero attached hydrogens (tertiary/aromatic N) is 2. The van der Waals surface area contributed by atoms with Crippen LogP contribution in [0.3, 0.4) is 0 Å². The first-order valence-electron chi connectivity index (χ1n) is 9.15. The number of H-pyrrole nitrogens is 1. The van der Waals surface area contributed by atoms with E-state index in [2.05, 4.69) is 10.1 Å². The second-order valence-electron chi connectivity index (χ2n) is 6.95. The summed E-state index contributed by atoms with van der Waals surface area (Å²) in [6.07, 6.45) is 0. The topological polar surface area (TPSA) is 110 Å². The third-order valence-corrected chi connectivity index (χ3v) is 5.90. The van der Waals surface area contributed by atoms with Crippen LogP contribution in [-0.2, 0) is 10.0 Å². The maximum absolute atomic E-state index is 12.6. The van der Waals surface area contributed by atoms with Crippen LogP contribution in [0.4, 0.5) is 0 Å². The van der Waals surface area contributed by atoms with E-state index in [1.54, 1.807) is 28.8 Å². The second kappa shape index (κ2) is 6.65. The minimum atomic E-state index is -3.82. The zero-order valence-electron chi connectivity index (χ0n) is 15.6. The monoisotopic (exact) mass is 416 g/mol. The van der Waals surface area contributed by atoms with Crippen LogP contribution in [0.1, 0.15) is 0 Å². The van der Waals surface area contributed by atoms with Crippen molar-refractivity contribution < 1.29 is 8.42 Å². The van der Waals surface area contributed by atoms with Crippen molar-refractivity contribution in [1.29, 1.82) is 0 Å². The standard InChI is InChI=1S/C22H16N4O3S/c23-30(28,29)17-8-4-7-15(11-17)16-9-10-18-20(12-16)26-21(24-22(18)27)13-19(25-26)14-5-2-1-3-6-14/h1-13H,(H,24,27)(H2,23,28,29). The summed E-state index contributed by atoms with van der Waals surface area (Å²) >= 11 is 0. The van der Waals surface area contributed by atoms with Crippen LogP contribution >= 0.6 is 0 Å². The van der Waals surface area contributed by atoms with Gasteiger partial charge in [-0.1, -0.05) is 48.5 Å². The number of aromatic amines is 1. The fourth-order valence-corrected chi connectivity index (χ4v) is 4.08. The van der Waals surface area contributed by atoms with Crippen molar-refractivity contribution in [3.8, 4) is 22.4 Å². The molecule has 0 bridgehead atoms. The normalized spacial score (nSPS) is 11.9. The SMILES string of the molecule is NS(=O)(=O)c1cccc(-c2ccc3c(=O)[nH]c4cc(-c5ccccc5)nn4c3c2)c1. The van der Waals surface area contributed by atoms with Crippen LogP contribution in [0.2, 0.25) is 0 Å². The van der Waals surface area contributed by atoms with Gasteiger partial charge in [-0.05, 0) is 35.4 Å². The number of aromatic nitrogens is 3. The Bertz CT molecular complexity index is 1590. The number of nitrogens with one attached hydrogen (secondary N) is 1. The summed E-state index contributed by atoms with van der Waals surface area (Å²) in [6.45, 7) is 0. The zero-order valence-corrected chi connectivity index (χ0v) is 16.4. The van der Waals surface area contributed by atoms with Crippen LogP contribution in [0.5, 0.6) is 0 Å². The number of primary sulfonamides is 1.